The third-order valence-electron chi connectivity index (χ3n) is 2.61. The number of nitrogens with zero attached hydrogens (tertiary/aromatic N) is 3. The molecule has 2 heterocycles. The average molecular weight is 205 g/mol. The van der Waals surface area contributed by atoms with E-state index in [1.165, 1.54) is 0 Å². The van der Waals surface area contributed by atoms with Crippen molar-refractivity contribution >= 4 is 0 Å². The van der Waals surface area contributed by atoms with E-state index in [1.807, 2.05) is 24.3 Å². The van der Waals surface area contributed by atoms with Gasteiger partial charge in [-0.1, -0.05) is 12.1 Å². The highest BCUT2D eigenvalue weighted by molar-refractivity contribution is 5.73. The summed E-state index contributed by atoms with van der Waals surface area (Å²) in [6.45, 7) is 0. The van der Waals surface area contributed by atoms with E-state index in [2.05, 4.69) is 16.0 Å². The molecule has 0 amide bonds. The second kappa shape index (κ2) is 3.28. The molecule has 0 aromatic heterocycles. The van der Waals surface area contributed by atoms with Gasteiger partial charge in [0.1, 0.15) is 6.07 Å². The Morgan fingerprint density at radius 3 is 2.69 bits per heavy atom. The zero-order valence-electron chi connectivity index (χ0n) is 8.38. The van der Waals surface area contributed by atoms with Gasteiger partial charge in [-0.2, -0.15) is 5.26 Å². The van der Waals surface area contributed by atoms with Crippen molar-refractivity contribution in [2.75, 3.05) is 0 Å². The topological polar surface area (TPSA) is 49.6 Å². The summed E-state index contributed by atoms with van der Waals surface area (Å²) in [5, 5.41) is 9.13. The van der Waals surface area contributed by atoms with Crippen LogP contribution in [0.4, 0.5) is 0 Å². The fourth-order valence-corrected chi connectivity index (χ4v) is 1.80. The first kappa shape index (κ1) is 8.81. The van der Waals surface area contributed by atoms with Crippen LogP contribution in [-0.4, -0.2) is 9.97 Å². The molecule has 0 N–H and O–H groups in total. The van der Waals surface area contributed by atoms with Crippen LogP contribution in [0.1, 0.15) is 5.56 Å². The largest absolute Gasteiger partial charge is 0.263 e. The molecule has 0 atom stereocenters. The Morgan fingerprint density at radius 1 is 1.00 bits per heavy atom. The summed E-state index contributed by atoms with van der Waals surface area (Å²) in [5.74, 6) is 0. The van der Waals surface area contributed by atoms with Gasteiger partial charge in [-0.15, -0.1) is 0 Å². The van der Waals surface area contributed by atoms with Gasteiger partial charge in [0, 0.05) is 35.3 Å². The van der Waals surface area contributed by atoms with Gasteiger partial charge in [0.2, 0.25) is 0 Å². The Bertz CT molecular complexity index is 639. The predicted octanol–water partition coefficient (Wildman–Crippen LogP) is 2.56. The van der Waals surface area contributed by atoms with Crippen molar-refractivity contribution in [2.24, 2.45) is 0 Å². The minimum atomic E-state index is 0.582. The molecule has 0 spiro atoms. The minimum absolute atomic E-state index is 0.582. The van der Waals surface area contributed by atoms with Gasteiger partial charge in [0.15, 0.2) is 0 Å². The highest BCUT2D eigenvalue weighted by Crippen LogP contribution is 2.27. The fourth-order valence-electron chi connectivity index (χ4n) is 1.80. The number of fused-ring (bicyclic) bond motifs is 2. The summed E-state index contributed by atoms with van der Waals surface area (Å²) >= 11 is 0. The number of hydrogen-bond acceptors (Lipinski definition) is 3. The molecule has 0 bridgehead atoms. The lowest BCUT2D eigenvalue weighted by atomic mass is 10.0. The Morgan fingerprint density at radius 2 is 1.81 bits per heavy atom. The molecule has 3 rings (SSSR count). The number of nitriles is 1. The zero-order chi connectivity index (χ0) is 11.0. The first-order valence-electron chi connectivity index (χ1n) is 4.91. The zero-order valence-corrected chi connectivity index (χ0v) is 8.38. The van der Waals surface area contributed by atoms with E-state index in [9.17, 15) is 0 Å². The first-order chi connectivity index (χ1) is 7.88. The predicted molar refractivity (Wildman–Crippen MR) is 60.0 cm³/mol. The SMILES string of the molecule is N#Cc1cc2cncc-2ccc2ccnc1-2. The van der Waals surface area contributed by atoms with Crippen LogP contribution in [0.3, 0.4) is 0 Å². The van der Waals surface area contributed by atoms with Crippen LogP contribution in [0.2, 0.25) is 0 Å². The Labute approximate surface area is 92.7 Å². The molecule has 3 aliphatic rings. The highest BCUT2D eigenvalue weighted by Gasteiger charge is 2.10. The van der Waals surface area contributed by atoms with Gasteiger partial charge in [0.05, 0.1) is 11.3 Å². The molecule has 0 fully saturated rings. The van der Waals surface area contributed by atoms with E-state index in [0.717, 1.165) is 22.4 Å². The summed E-state index contributed by atoms with van der Waals surface area (Å²) in [7, 11) is 0. The lowest BCUT2D eigenvalue weighted by molar-refractivity contribution is 1.38. The van der Waals surface area contributed by atoms with E-state index in [1.54, 1.807) is 18.6 Å². The molecule has 0 unspecified atom stereocenters. The van der Waals surface area contributed by atoms with Crippen molar-refractivity contribution in [3.63, 3.8) is 0 Å². The van der Waals surface area contributed by atoms with Crippen LogP contribution in [0.15, 0.2) is 42.9 Å². The Kier molecular flexibility index (Phi) is 1.81. The van der Waals surface area contributed by atoms with Gasteiger partial charge in [0.25, 0.3) is 0 Å². The monoisotopic (exact) mass is 205 g/mol. The van der Waals surface area contributed by atoms with Crippen LogP contribution in [0.5, 0.6) is 0 Å². The second-order valence-electron chi connectivity index (χ2n) is 3.57. The first-order valence-corrected chi connectivity index (χ1v) is 4.91. The fraction of sp³-hybridized carbons (Fsp3) is 0. The van der Waals surface area contributed by atoms with Crippen molar-refractivity contribution < 1.29 is 0 Å². The molecule has 0 radical (unpaired) electrons. The maximum absolute atomic E-state index is 9.13. The van der Waals surface area contributed by atoms with Gasteiger partial charge in [-0.25, -0.2) is 0 Å². The number of rotatable bonds is 0. The summed E-state index contributed by atoms with van der Waals surface area (Å²) in [6.07, 6.45) is 5.26. The van der Waals surface area contributed by atoms with E-state index in [4.69, 9.17) is 5.26 Å². The molecule has 2 aliphatic heterocycles. The average Bonchev–Trinajstić information content (AvgIpc) is 2.88. The second-order valence-corrected chi connectivity index (χ2v) is 3.57. The molecule has 0 aromatic rings. The van der Waals surface area contributed by atoms with E-state index in [0.29, 0.717) is 5.56 Å². The lowest BCUT2D eigenvalue weighted by Gasteiger charge is -1.99. The van der Waals surface area contributed by atoms with Crippen molar-refractivity contribution in [2.45, 2.75) is 0 Å². The molecule has 3 nitrogen and oxygen atoms in total. The van der Waals surface area contributed by atoms with Crippen LogP contribution < -0.4 is 0 Å². The van der Waals surface area contributed by atoms with Crippen molar-refractivity contribution in [1.29, 1.82) is 5.26 Å². The van der Waals surface area contributed by atoms with Gasteiger partial charge in [-0.05, 0) is 12.1 Å². The molecular weight excluding hydrogens is 198 g/mol. The summed E-state index contributed by atoms with van der Waals surface area (Å²) < 4.78 is 0. The van der Waals surface area contributed by atoms with E-state index < -0.39 is 0 Å². The van der Waals surface area contributed by atoms with Crippen LogP contribution in [0, 0.1) is 11.3 Å². The normalized spacial score (nSPS) is 10.4. The molecule has 16 heavy (non-hydrogen) atoms. The van der Waals surface area contributed by atoms with Crippen molar-refractivity contribution in [3.05, 3.63) is 48.4 Å². The van der Waals surface area contributed by atoms with Crippen LogP contribution in [-0.2, 0) is 0 Å². The third kappa shape index (κ3) is 1.21. The summed E-state index contributed by atoms with van der Waals surface area (Å²) in [6, 6.07) is 9.87. The Balaban J connectivity index is 2.42. The summed E-state index contributed by atoms with van der Waals surface area (Å²) in [5.41, 5.74) is 4.28. The van der Waals surface area contributed by atoms with Crippen molar-refractivity contribution in [1.82, 2.24) is 9.97 Å². The number of hydrogen-bond donors (Lipinski definition) is 0. The van der Waals surface area contributed by atoms with Gasteiger partial charge < -0.3 is 0 Å². The minimum Gasteiger partial charge on any atom is -0.263 e. The molecular formula is C13H7N3. The standard InChI is InChI=1S/C13H7N3/c14-6-11-5-12-8-15-7-10(12)2-1-9-3-4-16-13(9)11/h1-5,7-8H. The van der Waals surface area contributed by atoms with E-state index >= 15 is 0 Å². The quantitative estimate of drug-likeness (QED) is 0.566. The summed E-state index contributed by atoms with van der Waals surface area (Å²) in [4.78, 5) is 8.28. The van der Waals surface area contributed by atoms with Crippen LogP contribution >= 0.6 is 0 Å². The highest BCUT2D eigenvalue weighted by atomic mass is 14.7. The Hall–Kier alpha value is -2.47. The van der Waals surface area contributed by atoms with Gasteiger partial charge >= 0.3 is 0 Å². The third-order valence-corrected chi connectivity index (χ3v) is 2.61. The molecule has 0 saturated heterocycles. The molecule has 3 heteroatoms. The molecule has 0 aromatic carbocycles. The lowest BCUT2D eigenvalue weighted by Crippen LogP contribution is -1.83. The van der Waals surface area contributed by atoms with Crippen LogP contribution in [0.25, 0.3) is 22.4 Å². The smallest absolute Gasteiger partial charge is 0.101 e. The molecule has 0 saturated carbocycles. The maximum Gasteiger partial charge on any atom is 0.101 e. The molecule has 74 valence electrons. The van der Waals surface area contributed by atoms with E-state index in [-0.39, 0.29) is 0 Å². The van der Waals surface area contributed by atoms with Gasteiger partial charge in [-0.3, -0.25) is 9.97 Å². The van der Waals surface area contributed by atoms with Crippen molar-refractivity contribution in [3.8, 4) is 28.5 Å². The molecule has 1 aliphatic carbocycles. The maximum atomic E-state index is 9.13. The number of aromatic nitrogens is 2.